The number of hydrogen-bond donors (Lipinski definition) is 2. The van der Waals surface area contributed by atoms with Gasteiger partial charge in [-0.1, -0.05) is 12.1 Å². The van der Waals surface area contributed by atoms with E-state index in [1.54, 1.807) is 12.1 Å². The molecule has 25 heavy (non-hydrogen) atoms. The first-order valence-electron chi connectivity index (χ1n) is 8.53. The SMILES string of the molecule is CN1CCC(N(C)CCC(=O)NCc2ccc(S(N)(=O)=O)cc2)CC1. The Hall–Kier alpha value is -1.48. The molecule has 8 heteroatoms. The Morgan fingerprint density at radius 1 is 1.28 bits per heavy atom. The van der Waals surface area contributed by atoms with Crippen LogP contribution in [0.4, 0.5) is 0 Å². The van der Waals surface area contributed by atoms with E-state index in [0.717, 1.165) is 38.0 Å². The number of carbonyl (C=O) groups excluding carboxylic acids is 1. The molecule has 2 rings (SSSR count). The van der Waals surface area contributed by atoms with E-state index in [9.17, 15) is 13.2 Å². The molecule has 0 radical (unpaired) electrons. The van der Waals surface area contributed by atoms with Crippen molar-refractivity contribution in [2.24, 2.45) is 5.14 Å². The van der Waals surface area contributed by atoms with Gasteiger partial charge in [-0.05, 0) is 57.7 Å². The number of nitrogens with two attached hydrogens (primary N) is 1. The third-order valence-electron chi connectivity index (χ3n) is 4.74. The second kappa shape index (κ2) is 8.75. The Morgan fingerprint density at radius 2 is 1.88 bits per heavy atom. The first kappa shape index (κ1) is 19.8. The predicted molar refractivity (Wildman–Crippen MR) is 97.4 cm³/mol. The third kappa shape index (κ3) is 6.39. The van der Waals surface area contributed by atoms with Crippen molar-refractivity contribution in [1.82, 2.24) is 15.1 Å². The molecule has 7 nitrogen and oxygen atoms in total. The number of sulfonamides is 1. The summed E-state index contributed by atoms with van der Waals surface area (Å²) in [5.41, 5.74) is 0.837. The molecule has 1 amide bonds. The van der Waals surface area contributed by atoms with Crippen molar-refractivity contribution in [1.29, 1.82) is 0 Å². The zero-order chi connectivity index (χ0) is 18.4. The quantitative estimate of drug-likeness (QED) is 0.725. The average Bonchev–Trinajstić information content (AvgIpc) is 2.58. The highest BCUT2D eigenvalue weighted by molar-refractivity contribution is 7.89. The van der Waals surface area contributed by atoms with E-state index >= 15 is 0 Å². The highest BCUT2D eigenvalue weighted by Gasteiger charge is 2.20. The van der Waals surface area contributed by atoms with E-state index in [0.29, 0.717) is 19.0 Å². The number of hydrogen-bond acceptors (Lipinski definition) is 5. The van der Waals surface area contributed by atoms with Crippen molar-refractivity contribution >= 4 is 15.9 Å². The molecule has 1 fully saturated rings. The largest absolute Gasteiger partial charge is 0.352 e. The van der Waals surface area contributed by atoms with Crippen LogP contribution >= 0.6 is 0 Å². The maximum Gasteiger partial charge on any atom is 0.238 e. The molecule has 1 aromatic carbocycles. The molecule has 3 N–H and O–H groups in total. The van der Waals surface area contributed by atoms with Gasteiger partial charge in [0.25, 0.3) is 0 Å². The second-order valence-electron chi connectivity index (χ2n) is 6.73. The summed E-state index contributed by atoms with van der Waals surface area (Å²) in [7, 11) is 0.538. The zero-order valence-corrected chi connectivity index (χ0v) is 15.8. The van der Waals surface area contributed by atoms with Crippen LogP contribution in [0, 0.1) is 0 Å². The van der Waals surface area contributed by atoms with E-state index in [4.69, 9.17) is 5.14 Å². The fraction of sp³-hybridized carbons (Fsp3) is 0.588. The Morgan fingerprint density at radius 3 is 2.44 bits per heavy atom. The maximum absolute atomic E-state index is 12.0. The monoisotopic (exact) mass is 368 g/mol. The molecule has 0 aromatic heterocycles. The number of piperidine rings is 1. The van der Waals surface area contributed by atoms with Crippen LogP contribution in [-0.2, 0) is 21.4 Å². The first-order chi connectivity index (χ1) is 11.8. The van der Waals surface area contributed by atoms with Gasteiger partial charge >= 0.3 is 0 Å². The van der Waals surface area contributed by atoms with Gasteiger partial charge < -0.3 is 15.1 Å². The van der Waals surface area contributed by atoms with Gasteiger partial charge in [0.05, 0.1) is 4.90 Å². The average molecular weight is 369 g/mol. The van der Waals surface area contributed by atoms with Crippen LogP contribution < -0.4 is 10.5 Å². The van der Waals surface area contributed by atoms with E-state index in [-0.39, 0.29) is 10.8 Å². The number of nitrogens with one attached hydrogen (secondary N) is 1. The highest BCUT2D eigenvalue weighted by Crippen LogP contribution is 2.14. The summed E-state index contributed by atoms with van der Waals surface area (Å²) >= 11 is 0. The summed E-state index contributed by atoms with van der Waals surface area (Å²) < 4.78 is 22.4. The lowest BCUT2D eigenvalue weighted by Gasteiger charge is -2.35. The lowest BCUT2D eigenvalue weighted by molar-refractivity contribution is -0.121. The van der Waals surface area contributed by atoms with Crippen LogP contribution in [0.1, 0.15) is 24.8 Å². The molecule has 0 aliphatic carbocycles. The normalized spacial score (nSPS) is 17.0. The van der Waals surface area contributed by atoms with Crippen molar-refractivity contribution in [2.45, 2.75) is 36.7 Å². The minimum atomic E-state index is -3.68. The third-order valence-corrected chi connectivity index (χ3v) is 5.67. The zero-order valence-electron chi connectivity index (χ0n) is 14.9. The molecule has 140 valence electrons. The van der Waals surface area contributed by atoms with Crippen molar-refractivity contribution in [3.05, 3.63) is 29.8 Å². The molecular formula is C17H28N4O3S. The van der Waals surface area contributed by atoms with Crippen LogP contribution in [0.5, 0.6) is 0 Å². The molecular weight excluding hydrogens is 340 g/mol. The fourth-order valence-corrected chi connectivity index (χ4v) is 3.50. The Balaban J connectivity index is 1.71. The number of nitrogens with zero attached hydrogens (tertiary/aromatic N) is 2. The van der Waals surface area contributed by atoms with Crippen molar-refractivity contribution < 1.29 is 13.2 Å². The molecule has 0 spiro atoms. The van der Waals surface area contributed by atoms with Crippen molar-refractivity contribution in [3.63, 3.8) is 0 Å². The van der Waals surface area contributed by atoms with Gasteiger partial charge in [-0.3, -0.25) is 4.79 Å². The number of likely N-dealkylation sites (tertiary alicyclic amines) is 1. The molecule has 0 bridgehead atoms. The van der Waals surface area contributed by atoms with Crippen LogP contribution in [0.25, 0.3) is 0 Å². The van der Waals surface area contributed by atoms with Crippen LogP contribution in [-0.4, -0.2) is 63.9 Å². The van der Waals surface area contributed by atoms with Gasteiger partial charge in [0.15, 0.2) is 0 Å². The van der Waals surface area contributed by atoms with Gasteiger partial charge in [-0.2, -0.15) is 0 Å². The van der Waals surface area contributed by atoms with E-state index in [1.165, 1.54) is 12.1 Å². The fourth-order valence-electron chi connectivity index (χ4n) is 2.98. The van der Waals surface area contributed by atoms with Crippen molar-refractivity contribution in [2.75, 3.05) is 33.7 Å². The summed E-state index contributed by atoms with van der Waals surface area (Å²) in [6.45, 7) is 3.33. The lowest BCUT2D eigenvalue weighted by atomic mass is 10.0. The predicted octanol–water partition coefficient (Wildman–Crippen LogP) is 0.366. The van der Waals surface area contributed by atoms with E-state index in [1.807, 2.05) is 0 Å². The van der Waals surface area contributed by atoms with Crippen LogP contribution in [0.3, 0.4) is 0 Å². The Labute approximate surface area is 150 Å². The molecule has 1 aliphatic rings. The van der Waals surface area contributed by atoms with Crippen LogP contribution in [0.15, 0.2) is 29.2 Å². The summed E-state index contributed by atoms with van der Waals surface area (Å²) in [6.07, 6.45) is 2.74. The molecule has 0 atom stereocenters. The van der Waals surface area contributed by atoms with E-state index < -0.39 is 10.0 Å². The molecule has 0 unspecified atom stereocenters. The molecule has 1 saturated heterocycles. The smallest absolute Gasteiger partial charge is 0.238 e. The van der Waals surface area contributed by atoms with Gasteiger partial charge in [-0.15, -0.1) is 0 Å². The number of benzene rings is 1. The summed E-state index contributed by atoms with van der Waals surface area (Å²) in [5, 5.41) is 7.93. The highest BCUT2D eigenvalue weighted by atomic mass is 32.2. The number of amides is 1. The number of carbonyl (C=O) groups is 1. The number of rotatable bonds is 7. The molecule has 1 aromatic rings. The van der Waals surface area contributed by atoms with Gasteiger partial charge in [0, 0.05) is 25.6 Å². The summed E-state index contributed by atoms with van der Waals surface area (Å²) in [5.74, 6) is -0.00435. The minimum absolute atomic E-state index is 0.00435. The minimum Gasteiger partial charge on any atom is -0.352 e. The maximum atomic E-state index is 12.0. The Kier molecular flexibility index (Phi) is 6.95. The van der Waals surface area contributed by atoms with Crippen LogP contribution in [0.2, 0.25) is 0 Å². The number of primary sulfonamides is 1. The van der Waals surface area contributed by atoms with Gasteiger partial charge in [0.1, 0.15) is 0 Å². The van der Waals surface area contributed by atoms with Gasteiger partial charge in [0.2, 0.25) is 15.9 Å². The van der Waals surface area contributed by atoms with Gasteiger partial charge in [-0.25, -0.2) is 13.6 Å². The molecule has 0 saturated carbocycles. The van der Waals surface area contributed by atoms with E-state index in [2.05, 4.69) is 29.2 Å². The molecule has 1 aliphatic heterocycles. The Bertz CT molecular complexity index is 668. The lowest BCUT2D eigenvalue weighted by Crippen LogP contribution is -2.43. The van der Waals surface area contributed by atoms with Crippen molar-refractivity contribution in [3.8, 4) is 0 Å². The molecule has 1 heterocycles. The topological polar surface area (TPSA) is 95.7 Å². The second-order valence-corrected chi connectivity index (χ2v) is 8.29. The summed E-state index contributed by atoms with van der Waals surface area (Å²) in [6, 6.07) is 6.76. The standard InChI is InChI=1S/C17H28N4O3S/c1-20-10-7-15(8-11-20)21(2)12-9-17(22)19-13-14-3-5-16(6-4-14)25(18,23)24/h3-6,15H,7-13H2,1-2H3,(H,19,22)(H2,18,23,24). The first-order valence-corrected chi connectivity index (χ1v) is 10.1. The summed E-state index contributed by atoms with van der Waals surface area (Å²) in [4.78, 5) is 16.7.